The van der Waals surface area contributed by atoms with Crippen LogP contribution in [0.15, 0.2) is 42.6 Å². The zero-order valence-electron chi connectivity index (χ0n) is 16.4. The number of imidazole rings is 1. The smallest absolute Gasteiger partial charge is 0.181 e. The molecule has 0 amide bonds. The van der Waals surface area contributed by atoms with E-state index >= 15 is 0 Å². The summed E-state index contributed by atoms with van der Waals surface area (Å²) < 4.78 is 12.9. The van der Waals surface area contributed by atoms with Crippen molar-refractivity contribution in [1.29, 1.82) is 0 Å². The number of ketones is 2. The fraction of sp³-hybridized carbons (Fsp3) is 0.318. The van der Waals surface area contributed by atoms with Crippen LogP contribution in [-0.2, 0) is 11.2 Å². The van der Waals surface area contributed by atoms with Gasteiger partial charge in [-0.1, -0.05) is 12.1 Å². The van der Waals surface area contributed by atoms with Crippen LogP contribution in [0.4, 0.5) is 0 Å². The molecule has 1 aromatic carbocycles. The van der Waals surface area contributed by atoms with Gasteiger partial charge in [-0.2, -0.15) is 0 Å². The van der Waals surface area contributed by atoms with E-state index in [0.29, 0.717) is 48.0 Å². The molecule has 0 saturated heterocycles. The Hall–Kier alpha value is -3.15. The van der Waals surface area contributed by atoms with Gasteiger partial charge in [-0.25, -0.2) is 4.98 Å². The quantitative estimate of drug-likeness (QED) is 0.528. The van der Waals surface area contributed by atoms with Gasteiger partial charge in [0.25, 0.3) is 0 Å². The molecule has 6 nitrogen and oxygen atoms in total. The number of ether oxygens (including phenoxy) is 2. The number of aryl methyl sites for hydroxylation is 2. The second kappa shape index (κ2) is 8.69. The number of fused-ring (bicyclic) bond motifs is 1. The molecule has 28 heavy (non-hydrogen) atoms. The molecule has 0 aliphatic rings. The van der Waals surface area contributed by atoms with Gasteiger partial charge in [0.15, 0.2) is 23.0 Å². The maximum atomic E-state index is 12.9. The summed E-state index contributed by atoms with van der Waals surface area (Å²) in [6.45, 7) is 5.83. The first kappa shape index (κ1) is 19.6. The van der Waals surface area contributed by atoms with Gasteiger partial charge in [0, 0.05) is 12.6 Å². The minimum absolute atomic E-state index is 0.0219. The summed E-state index contributed by atoms with van der Waals surface area (Å²) in [4.78, 5) is 28.5. The number of carbonyl (C=O) groups excluding carboxylic acids is 2. The molecule has 0 saturated carbocycles. The molecule has 0 aliphatic carbocycles. The molecule has 0 fully saturated rings. The average Bonchev–Trinajstić information content (AvgIpc) is 3.02. The highest BCUT2D eigenvalue weighted by Crippen LogP contribution is 2.23. The first-order chi connectivity index (χ1) is 13.5. The Kier molecular flexibility index (Phi) is 6.09. The molecule has 146 valence electrons. The highest BCUT2D eigenvalue weighted by Gasteiger charge is 2.18. The molecule has 3 aromatic rings. The number of rotatable bonds is 9. The number of nitrogens with zero attached hydrogens (tertiary/aromatic N) is 2. The fourth-order valence-electron chi connectivity index (χ4n) is 3.11. The minimum Gasteiger partial charge on any atom is -0.490 e. The molecule has 0 spiro atoms. The van der Waals surface area contributed by atoms with Crippen LogP contribution in [0, 0.1) is 6.92 Å². The van der Waals surface area contributed by atoms with E-state index in [4.69, 9.17) is 9.47 Å². The third-order valence-electron chi connectivity index (χ3n) is 4.33. The molecule has 0 N–H and O–H groups in total. The maximum absolute atomic E-state index is 12.9. The van der Waals surface area contributed by atoms with Crippen molar-refractivity contribution in [3.05, 3.63) is 59.5 Å². The lowest BCUT2D eigenvalue weighted by Crippen LogP contribution is -2.08. The maximum Gasteiger partial charge on any atom is 0.181 e. The van der Waals surface area contributed by atoms with Crippen LogP contribution in [0.1, 0.15) is 42.0 Å². The van der Waals surface area contributed by atoms with E-state index in [1.54, 1.807) is 10.5 Å². The molecule has 2 aromatic heterocycles. The van der Waals surface area contributed by atoms with E-state index < -0.39 is 0 Å². The number of hydrogen-bond donors (Lipinski definition) is 0. The Morgan fingerprint density at radius 2 is 1.96 bits per heavy atom. The van der Waals surface area contributed by atoms with Crippen molar-refractivity contribution in [2.45, 2.75) is 33.6 Å². The second-order valence-corrected chi connectivity index (χ2v) is 6.61. The Labute approximate surface area is 164 Å². The van der Waals surface area contributed by atoms with Crippen molar-refractivity contribution in [3.8, 4) is 11.5 Å². The first-order valence-corrected chi connectivity index (χ1v) is 9.34. The number of hydrogen-bond acceptors (Lipinski definition) is 5. The molecule has 0 unspecified atom stereocenters. The molecular weight excluding hydrogens is 356 g/mol. The van der Waals surface area contributed by atoms with E-state index in [1.165, 1.54) is 6.92 Å². The lowest BCUT2D eigenvalue weighted by molar-refractivity contribution is -0.118. The van der Waals surface area contributed by atoms with Crippen LogP contribution < -0.4 is 9.47 Å². The molecule has 0 atom stereocenters. The van der Waals surface area contributed by atoms with Crippen LogP contribution in [0.3, 0.4) is 0 Å². The zero-order valence-corrected chi connectivity index (χ0v) is 16.4. The summed E-state index contributed by atoms with van der Waals surface area (Å²) in [6, 6.07) is 11.2. The SMILES string of the molecule is CCOc1cccn2c(C(=O)CCc3cccc(OCC(C)=O)c3)c(C)nc12. The van der Waals surface area contributed by atoms with Crippen molar-refractivity contribution in [1.82, 2.24) is 9.38 Å². The zero-order chi connectivity index (χ0) is 20.1. The Balaban J connectivity index is 1.75. The van der Waals surface area contributed by atoms with Crippen LogP contribution in [0.5, 0.6) is 11.5 Å². The van der Waals surface area contributed by atoms with E-state index in [-0.39, 0.29) is 18.2 Å². The van der Waals surface area contributed by atoms with Gasteiger partial charge in [0.2, 0.25) is 0 Å². The normalized spacial score (nSPS) is 10.8. The van der Waals surface area contributed by atoms with E-state index in [9.17, 15) is 9.59 Å². The third-order valence-corrected chi connectivity index (χ3v) is 4.33. The first-order valence-electron chi connectivity index (χ1n) is 9.34. The Bertz CT molecular complexity index is 1010. The Morgan fingerprint density at radius 1 is 1.14 bits per heavy atom. The number of Topliss-reactive ketones (excluding diaryl/α,β-unsaturated/α-hetero) is 2. The van der Waals surface area contributed by atoms with Gasteiger partial charge in [-0.05, 0) is 57.0 Å². The molecule has 0 bridgehead atoms. The number of pyridine rings is 1. The van der Waals surface area contributed by atoms with Crippen molar-refractivity contribution in [2.75, 3.05) is 13.2 Å². The average molecular weight is 380 g/mol. The summed E-state index contributed by atoms with van der Waals surface area (Å²) in [5, 5.41) is 0. The predicted molar refractivity (Wildman–Crippen MR) is 106 cm³/mol. The predicted octanol–water partition coefficient (Wildman–Crippen LogP) is 3.82. The van der Waals surface area contributed by atoms with Gasteiger partial charge in [-0.15, -0.1) is 0 Å². The lowest BCUT2D eigenvalue weighted by Gasteiger charge is -2.08. The summed E-state index contributed by atoms with van der Waals surface area (Å²) in [5.41, 5.74) is 2.91. The minimum atomic E-state index is -0.0323. The van der Waals surface area contributed by atoms with Crippen molar-refractivity contribution in [3.63, 3.8) is 0 Å². The van der Waals surface area contributed by atoms with Gasteiger partial charge in [0.05, 0.1) is 12.3 Å². The van der Waals surface area contributed by atoms with Crippen molar-refractivity contribution >= 4 is 17.2 Å². The molecule has 2 heterocycles. The largest absolute Gasteiger partial charge is 0.490 e. The summed E-state index contributed by atoms with van der Waals surface area (Å²) in [5.74, 6) is 1.29. The summed E-state index contributed by atoms with van der Waals surface area (Å²) in [7, 11) is 0. The number of carbonyl (C=O) groups is 2. The molecule has 0 radical (unpaired) electrons. The standard InChI is InChI=1S/C22H24N2O4/c1-4-27-20-9-6-12-24-21(16(3)23-22(20)24)19(26)11-10-17-7-5-8-18(13-17)28-14-15(2)25/h5-9,12-13H,4,10-11,14H2,1-3H3. The van der Waals surface area contributed by atoms with Crippen LogP contribution >= 0.6 is 0 Å². The van der Waals surface area contributed by atoms with Gasteiger partial charge >= 0.3 is 0 Å². The fourth-order valence-corrected chi connectivity index (χ4v) is 3.11. The lowest BCUT2D eigenvalue weighted by atomic mass is 10.1. The van der Waals surface area contributed by atoms with E-state index in [2.05, 4.69) is 4.98 Å². The molecule has 0 aliphatic heterocycles. The third kappa shape index (κ3) is 4.39. The highest BCUT2D eigenvalue weighted by molar-refractivity contribution is 5.96. The Morgan fingerprint density at radius 3 is 2.71 bits per heavy atom. The number of benzene rings is 1. The molecule has 3 rings (SSSR count). The summed E-state index contributed by atoms with van der Waals surface area (Å²) in [6.07, 6.45) is 2.76. The second-order valence-electron chi connectivity index (χ2n) is 6.61. The molecular formula is C22H24N2O4. The van der Waals surface area contributed by atoms with Crippen molar-refractivity contribution < 1.29 is 19.1 Å². The topological polar surface area (TPSA) is 69.9 Å². The van der Waals surface area contributed by atoms with E-state index in [0.717, 1.165) is 5.56 Å². The molecule has 6 heteroatoms. The van der Waals surface area contributed by atoms with Gasteiger partial charge in [-0.3, -0.25) is 14.0 Å². The van der Waals surface area contributed by atoms with Crippen LogP contribution in [-0.4, -0.2) is 34.2 Å². The number of aromatic nitrogens is 2. The monoisotopic (exact) mass is 380 g/mol. The van der Waals surface area contributed by atoms with Gasteiger partial charge < -0.3 is 9.47 Å². The highest BCUT2D eigenvalue weighted by atomic mass is 16.5. The van der Waals surface area contributed by atoms with Gasteiger partial charge in [0.1, 0.15) is 18.1 Å². The van der Waals surface area contributed by atoms with Crippen LogP contribution in [0.2, 0.25) is 0 Å². The van der Waals surface area contributed by atoms with Crippen molar-refractivity contribution in [2.24, 2.45) is 0 Å². The van der Waals surface area contributed by atoms with Crippen LogP contribution in [0.25, 0.3) is 5.65 Å². The van der Waals surface area contributed by atoms with E-state index in [1.807, 2.05) is 50.4 Å². The summed E-state index contributed by atoms with van der Waals surface area (Å²) >= 11 is 0.